The van der Waals surface area contributed by atoms with E-state index in [4.69, 9.17) is 0 Å². The molecule has 0 atom stereocenters. The van der Waals surface area contributed by atoms with Crippen LogP contribution in [0.5, 0.6) is 0 Å². The largest absolute Gasteiger partial charge is 0.309 e. The normalized spacial score (nSPS) is 12.4. The first kappa shape index (κ1) is 16.6. The fraction of sp³-hybridized carbons (Fsp3) is 0.500. The van der Waals surface area contributed by atoms with Crippen molar-refractivity contribution in [3.63, 3.8) is 0 Å². The number of sulfonamides is 1. The van der Waals surface area contributed by atoms with Crippen LogP contribution in [0.25, 0.3) is 0 Å². The molecule has 0 spiro atoms. The number of nitrogens with zero attached hydrogens (tertiary/aromatic N) is 2. The van der Waals surface area contributed by atoms with Crippen LogP contribution in [0, 0.1) is 5.82 Å². The van der Waals surface area contributed by atoms with Crippen molar-refractivity contribution in [3.8, 4) is 0 Å². The first-order valence-electron chi connectivity index (χ1n) is 5.81. The van der Waals surface area contributed by atoms with Gasteiger partial charge in [0, 0.05) is 18.1 Å². The Hall–Kier alpha value is -0.500. The van der Waals surface area contributed by atoms with E-state index in [0.29, 0.717) is 6.54 Å². The second kappa shape index (κ2) is 6.78. The third-order valence-corrected chi connectivity index (χ3v) is 5.49. The molecule has 1 rings (SSSR count). The molecule has 0 unspecified atom stereocenters. The number of halogens is 2. The van der Waals surface area contributed by atoms with E-state index in [1.807, 2.05) is 19.0 Å². The Morgan fingerprint density at radius 1 is 1.21 bits per heavy atom. The number of rotatable bonds is 6. The van der Waals surface area contributed by atoms with Gasteiger partial charge in [-0.3, -0.25) is 0 Å². The van der Waals surface area contributed by atoms with Gasteiger partial charge < -0.3 is 4.90 Å². The van der Waals surface area contributed by atoms with Gasteiger partial charge in [-0.05, 0) is 61.2 Å². The Morgan fingerprint density at radius 2 is 1.84 bits per heavy atom. The Morgan fingerprint density at radius 3 is 2.37 bits per heavy atom. The van der Waals surface area contributed by atoms with Crippen LogP contribution < -0.4 is 0 Å². The molecule has 0 aliphatic carbocycles. The predicted octanol–water partition coefficient (Wildman–Crippen LogP) is 2.16. The van der Waals surface area contributed by atoms with E-state index in [0.717, 1.165) is 25.1 Å². The standard InChI is InChI=1S/C12H18BrFN2O2S/c1-15(2)7-4-8-16(3)19(17,18)12-6-5-10(14)9-11(12)13/h5-6,9H,4,7-8H2,1-3H3. The van der Waals surface area contributed by atoms with Gasteiger partial charge in [-0.15, -0.1) is 0 Å². The molecule has 7 heteroatoms. The fourth-order valence-corrected chi connectivity index (χ4v) is 3.80. The molecule has 1 aromatic rings. The lowest BCUT2D eigenvalue weighted by Gasteiger charge is -2.19. The monoisotopic (exact) mass is 352 g/mol. The summed E-state index contributed by atoms with van der Waals surface area (Å²) in [7, 11) is 1.82. The smallest absolute Gasteiger partial charge is 0.243 e. The molecule has 0 saturated carbocycles. The van der Waals surface area contributed by atoms with Crippen molar-refractivity contribution in [2.24, 2.45) is 0 Å². The zero-order valence-corrected chi connectivity index (χ0v) is 13.6. The molecule has 0 aliphatic heterocycles. The van der Waals surface area contributed by atoms with Gasteiger partial charge in [0.2, 0.25) is 10.0 Å². The minimum atomic E-state index is -3.58. The van der Waals surface area contributed by atoms with Crippen molar-refractivity contribution in [2.75, 3.05) is 34.2 Å². The summed E-state index contributed by atoms with van der Waals surface area (Å²) < 4.78 is 39.1. The van der Waals surface area contributed by atoms with Crippen LogP contribution in [0.4, 0.5) is 4.39 Å². The van der Waals surface area contributed by atoms with Crippen LogP contribution in [0.3, 0.4) is 0 Å². The van der Waals surface area contributed by atoms with Crippen LogP contribution in [0.1, 0.15) is 6.42 Å². The van der Waals surface area contributed by atoms with Crippen molar-refractivity contribution in [2.45, 2.75) is 11.3 Å². The molecule has 0 fully saturated rings. The summed E-state index contributed by atoms with van der Waals surface area (Å²) in [6.45, 7) is 1.23. The predicted molar refractivity (Wildman–Crippen MR) is 77.1 cm³/mol. The van der Waals surface area contributed by atoms with Crippen LogP contribution in [0.15, 0.2) is 27.6 Å². The van der Waals surface area contributed by atoms with E-state index < -0.39 is 15.8 Å². The van der Waals surface area contributed by atoms with Gasteiger partial charge >= 0.3 is 0 Å². The summed E-state index contributed by atoms with van der Waals surface area (Å²) in [5.74, 6) is -0.471. The summed E-state index contributed by atoms with van der Waals surface area (Å²) in [6.07, 6.45) is 0.738. The summed E-state index contributed by atoms with van der Waals surface area (Å²) in [6, 6.07) is 3.57. The van der Waals surface area contributed by atoms with Gasteiger partial charge in [0.1, 0.15) is 5.82 Å². The van der Waals surface area contributed by atoms with Crippen LogP contribution in [-0.2, 0) is 10.0 Å². The zero-order valence-electron chi connectivity index (χ0n) is 11.2. The molecule has 0 bridgehead atoms. The van der Waals surface area contributed by atoms with Gasteiger partial charge in [0.05, 0.1) is 4.90 Å². The van der Waals surface area contributed by atoms with Crippen molar-refractivity contribution >= 4 is 26.0 Å². The Kier molecular flexibility index (Phi) is 5.91. The van der Waals surface area contributed by atoms with Gasteiger partial charge in [0.15, 0.2) is 0 Å². The first-order chi connectivity index (χ1) is 8.75. The average molecular weight is 353 g/mol. The maximum atomic E-state index is 13.0. The Balaban J connectivity index is 2.85. The van der Waals surface area contributed by atoms with E-state index in [1.54, 1.807) is 0 Å². The molecule has 4 nitrogen and oxygen atoms in total. The van der Waals surface area contributed by atoms with Crippen molar-refractivity contribution in [1.29, 1.82) is 0 Å². The highest BCUT2D eigenvalue weighted by Crippen LogP contribution is 2.25. The molecule has 0 N–H and O–H groups in total. The maximum absolute atomic E-state index is 13.0. The van der Waals surface area contributed by atoms with Crippen LogP contribution in [0.2, 0.25) is 0 Å². The molecule has 0 aromatic heterocycles. The van der Waals surface area contributed by atoms with E-state index in [-0.39, 0.29) is 9.37 Å². The van der Waals surface area contributed by atoms with E-state index in [2.05, 4.69) is 15.9 Å². The highest BCUT2D eigenvalue weighted by Gasteiger charge is 2.23. The number of benzene rings is 1. The second-order valence-corrected chi connectivity index (χ2v) is 7.43. The molecule has 108 valence electrons. The average Bonchev–Trinajstić information content (AvgIpc) is 2.27. The summed E-state index contributed by atoms with van der Waals surface area (Å²) >= 11 is 3.09. The highest BCUT2D eigenvalue weighted by molar-refractivity contribution is 9.10. The van der Waals surface area contributed by atoms with Gasteiger partial charge in [-0.2, -0.15) is 0 Å². The van der Waals surface area contributed by atoms with Crippen LogP contribution in [-0.4, -0.2) is 51.9 Å². The molecule has 0 saturated heterocycles. The van der Waals surface area contributed by atoms with Crippen molar-refractivity contribution in [3.05, 3.63) is 28.5 Å². The molecule has 0 radical (unpaired) electrons. The molecule has 0 amide bonds. The maximum Gasteiger partial charge on any atom is 0.243 e. The number of hydrogen-bond donors (Lipinski definition) is 0. The second-order valence-electron chi connectivity index (χ2n) is 4.56. The van der Waals surface area contributed by atoms with Crippen molar-refractivity contribution in [1.82, 2.24) is 9.21 Å². The molecule has 0 heterocycles. The Labute approximate surface area is 122 Å². The van der Waals surface area contributed by atoms with Crippen LogP contribution >= 0.6 is 15.9 Å². The molecular formula is C12H18BrFN2O2S. The first-order valence-corrected chi connectivity index (χ1v) is 8.04. The van der Waals surface area contributed by atoms with Gasteiger partial charge in [-0.1, -0.05) is 0 Å². The highest BCUT2D eigenvalue weighted by atomic mass is 79.9. The van der Waals surface area contributed by atoms with E-state index in [9.17, 15) is 12.8 Å². The van der Waals surface area contributed by atoms with E-state index in [1.165, 1.54) is 17.4 Å². The summed E-state index contributed by atoms with van der Waals surface area (Å²) in [5, 5.41) is 0. The minimum Gasteiger partial charge on any atom is -0.309 e. The lowest BCUT2D eigenvalue weighted by Crippen LogP contribution is -2.30. The topological polar surface area (TPSA) is 40.6 Å². The summed E-state index contributed by atoms with van der Waals surface area (Å²) in [4.78, 5) is 2.08. The molecule has 19 heavy (non-hydrogen) atoms. The minimum absolute atomic E-state index is 0.0845. The fourth-order valence-electron chi connectivity index (χ4n) is 1.58. The lowest BCUT2D eigenvalue weighted by molar-refractivity contribution is 0.370. The third-order valence-electron chi connectivity index (χ3n) is 2.66. The molecular weight excluding hydrogens is 335 g/mol. The summed E-state index contributed by atoms with van der Waals surface area (Å²) in [5.41, 5.74) is 0. The van der Waals surface area contributed by atoms with Gasteiger partial charge in [0.25, 0.3) is 0 Å². The van der Waals surface area contributed by atoms with Gasteiger partial charge in [-0.25, -0.2) is 17.1 Å². The zero-order chi connectivity index (χ0) is 14.6. The molecule has 0 aliphatic rings. The quantitative estimate of drug-likeness (QED) is 0.787. The lowest BCUT2D eigenvalue weighted by atomic mass is 10.3. The van der Waals surface area contributed by atoms with Crippen molar-refractivity contribution < 1.29 is 12.8 Å². The Bertz CT molecular complexity index is 535. The third kappa shape index (κ3) is 4.52. The molecule has 1 aromatic carbocycles. The number of hydrogen-bond acceptors (Lipinski definition) is 3. The van der Waals surface area contributed by atoms with E-state index >= 15 is 0 Å². The SMILES string of the molecule is CN(C)CCCN(C)S(=O)(=O)c1ccc(F)cc1Br.